The monoisotopic (exact) mass is 537 g/mol. The molecule has 0 spiro atoms. The largest absolute Gasteiger partial charge is 0.737 e. The number of aryl methyl sites for hydroxylation is 3. The van der Waals surface area contributed by atoms with Crippen LogP contribution in [0, 0.1) is 20.8 Å². The lowest BCUT2D eigenvalue weighted by molar-refractivity contribution is -0.362. The summed E-state index contributed by atoms with van der Waals surface area (Å²) in [4.78, 5) is 0. The van der Waals surface area contributed by atoms with Gasteiger partial charge in [0.25, 0.3) is 0 Å². The number of phenols is 1. The van der Waals surface area contributed by atoms with Crippen LogP contribution in [-0.4, -0.2) is 47.1 Å². The van der Waals surface area contributed by atoms with Gasteiger partial charge in [0, 0.05) is 29.0 Å². The Hall–Kier alpha value is -4.93. The van der Waals surface area contributed by atoms with Gasteiger partial charge in [0.1, 0.15) is 5.75 Å². The second kappa shape index (κ2) is 9.08. The van der Waals surface area contributed by atoms with Crippen LogP contribution in [0.25, 0.3) is 23.0 Å². The average molecular weight is 537 g/mol. The number of fused-ring (bicyclic) bond motifs is 2. The Morgan fingerprint density at radius 1 is 0.900 bits per heavy atom. The Labute approximate surface area is 229 Å². The molecule has 4 aromatic rings. The number of benzene rings is 2. The van der Waals surface area contributed by atoms with Crippen LogP contribution >= 0.6 is 0 Å². The molecule has 4 heterocycles. The van der Waals surface area contributed by atoms with E-state index < -0.39 is 6.97 Å². The van der Waals surface area contributed by atoms with Crippen molar-refractivity contribution in [1.29, 1.82) is 0 Å². The summed E-state index contributed by atoms with van der Waals surface area (Å²) in [5.41, 5.74) is 12.3. The predicted molar refractivity (Wildman–Crippen MR) is 152 cm³/mol. The molecule has 0 atom stereocenters. The number of hydrogen-bond donors (Lipinski definition) is 2. The average Bonchev–Trinajstić information content (AvgIpc) is 3.42. The number of aromatic hydroxyl groups is 1. The van der Waals surface area contributed by atoms with Crippen LogP contribution in [0.15, 0.2) is 72.0 Å². The molecule has 0 saturated carbocycles. The Morgan fingerprint density at radius 3 is 2.25 bits per heavy atom. The highest BCUT2D eigenvalue weighted by molar-refractivity contribution is 6.58. The lowest BCUT2D eigenvalue weighted by Crippen LogP contribution is -2.51. The molecule has 2 aromatic heterocycles. The maximum Gasteiger partial charge on any atom is 0.737 e. The maximum absolute atomic E-state index is 16.4. The summed E-state index contributed by atoms with van der Waals surface area (Å²) in [5, 5.41) is 25.9. The number of aromatic nitrogens is 5. The van der Waals surface area contributed by atoms with E-state index in [4.69, 9.17) is 5.73 Å². The van der Waals surface area contributed by atoms with Gasteiger partial charge < -0.3 is 28.4 Å². The van der Waals surface area contributed by atoms with E-state index in [9.17, 15) is 5.11 Å². The lowest BCUT2D eigenvalue weighted by atomic mass is 9.83. The van der Waals surface area contributed by atoms with Crippen molar-refractivity contribution in [2.45, 2.75) is 27.7 Å². The molecule has 0 unspecified atom stereocenters. The zero-order valence-electron chi connectivity index (χ0n) is 22.4. The van der Waals surface area contributed by atoms with E-state index in [0.717, 1.165) is 36.8 Å². The zero-order valence-corrected chi connectivity index (χ0v) is 22.4. The fraction of sp³-hybridized carbons (Fsp3) is 0.138. The molecule has 40 heavy (non-hydrogen) atoms. The molecular weight excluding hydrogens is 511 g/mol. The van der Waals surface area contributed by atoms with Gasteiger partial charge in [-0.1, -0.05) is 30.3 Å². The number of phenolic OH excluding ortho intramolecular Hbond substituents is 1. The fourth-order valence-corrected chi connectivity index (χ4v) is 5.54. The minimum atomic E-state index is -4.20. The molecule has 0 bridgehead atoms. The molecule has 6 rings (SSSR count). The van der Waals surface area contributed by atoms with Gasteiger partial charge >= 0.3 is 6.97 Å². The first-order valence-electron chi connectivity index (χ1n) is 12.8. The van der Waals surface area contributed by atoms with E-state index in [0.29, 0.717) is 40.0 Å². The molecule has 200 valence electrons. The molecule has 3 N–H and O–H groups in total. The Kier molecular flexibility index (Phi) is 5.76. The van der Waals surface area contributed by atoms with Gasteiger partial charge in [-0.15, -0.1) is 20.4 Å². The quantitative estimate of drug-likeness (QED) is 0.214. The third-order valence-electron chi connectivity index (χ3n) is 7.28. The second-order valence-electron chi connectivity index (χ2n) is 10.1. The van der Waals surface area contributed by atoms with Gasteiger partial charge in [0.05, 0.1) is 11.3 Å². The summed E-state index contributed by atoms with van der Waals surface area (Å²) in [6, 6.07) is 14.0. The summed E-state index contributed by atoms with van der Waals surface area (Å²) in [7, 11) is 0. The van der Waals surface area contributed by atoms with Gasteiger partial charge in [0.15, 0.2) is 17.2 Å². The maximum atomic E-state index is 16.4. The molecule has 2 aliphatic rings. The van der Waals surface area contributed by atoms with E-state index in [1.54, 1.807) is 50.3 Å². The fourth-order valence-electron chi connectivity index (χ4n) is 5.54. The zero-order chi connectivity index (χ0) is 28.3. The SMILES string of the molecule is CC1=CC(/C=C/c2ccc(O)c(N)c2)=[N+]2C1=C(c1ccc(-c3nnc(C)nn3)cc1)c1c(C)cc(C)n1[B-]2(F)F. The van der Waals surface area contributed by atoms with E-state index in [1.165, 1.54) is 6.07 Å². The molecule has 0 saturated heterocycles. The number of nitrogen functional groups attached to an aromatic ring is 1. The molecular formula is C29H26BF2N7O. The molecule has 2 aromatic carbocycles. The van der Waals surface area contributed by atoms with Crippen molar-refractivity contribution < 1.29 is 18.2 Å². The highest BCUT2D eigenvalue weighted by Crippen LogP contribution is 2.44. The first kappa shape index (κ1) is 25.4. The number of halogens is 2. The highest BCUT2D eigenvalue weighted by atomic mass is 19.2. The standard InChI is InChI=1S/C29H26BF2N7O/c1-16-13-18(3)38-27(16)26(21-7-9-22(10-8-21)29-36-34-19(4)35-37-29)28-17(2)14-23(39(28)30(38,31)32)11-5-20-6-12-25(40)24(33)15-20/h5-15,40H,33H2,1-4H3/b11-5+. The highest BCUT2D eigenvalue weighted by Gasteiger charge is 2.55. The van der Waals surface area contributed by atoms with Gasteiger partial charge in [0.2, 0.25) is 5.82 Å². The van der Waals surface area contributed by atoms with Crippen molar-refractivity contribution in [2.75, 3.05) is 5.73 Å². The Bertz CT molecular complexity index is 1820. The van der Waals surface area contributed by atoms with Crippen molar-refractivity contribution in [1.82, 2.24) is 24.9 Å². The number of nitrogens with zero attached hydrogens (tertiary/aromatic N) is 6. The van der Waals surface area contributed by atoms with Crippen LogP contribution in [0.5, 0.6) is 5.75 Å². The number of hydrogen-bond acceptors (Lipinski definition) is 6. The summed E-state index contributed by atoms with van der Waals surface area (Å²) in [5.74, 6) is 0.834. The minimum absolute atomic E-state index is 0.0272. The van der Waals surface area contributed by atoms with E-state index >= 15 is 8.63 Å². The molecule has 0 radical (unpaired) electrons. The van der Waals surface area contributed by atoms with Gasteiger partial charge in [-0.05, 0) is 74.4 Å². The van der Waals surface area contributed by atoms with Crippen LogP contribution in [0.4, 0.5) is 14.3 Å². The first-order valence-corrected chi connectivity index (χ1v) is 12.8. The van der Waals surface area contributed by atoms with E-state index in [1.807, 2.05) is 38.1 Å². The van der Waals surface area contributed by atoms with Crippen molar-refractivity contribution in [3.05, 3.63) is 106 Å². The van der Waals surface area contributed by atoms with Gasteiger partial charge in [-0.2, -0.15) is 0 Å². The van der Waals surface area contributed by atoms with Crippen molar-refractivity contribution in [3.8, 4) is 17.1 Å². The second-order valence-corrected chi connectivity index (χ2v) is 10.1. The van der Waals surface area contributed by atoms with Crippen molar-refractivity contribution in [2.24, 2.45) is 0 Å². The van der Waals surface area contributed by atoms with Crippen LogP contribution < -0.4 is 5.73 Å². The van der Waals surface area contributed by atoms with Crippen LogP contribution in [0.3, 0.4) is 0 Å². The van der Waals surface area contributed by atoms with E-state index in [-0.39, 0.29) is 11.4 Å². The third kappa shape index (κ3) is 3.93. The summed E-state index contributed by atoms with van der Waals surface area (Å²) in [6.45, 7) is 2.93. The third-order valence-corrected chi connectivity index (χ3v) is 7.28. The number of rotatable bonds is 4. The smallest absolute Gasteiger partial charge is 0.506 e. The van der Waals surface area contributed by atoms with Crippen LogP contribution in [-0.2, 0) is 0 Å². The molecule has 8 nitrogen and oxygen atoms in total. The Morgan fingerprint density at radius 2 is 1.57 bits per heavy atom. The van der Waals surface area contributed by atoms with Gasteiger partial charge in [-0.3, -0.25) is 0 Å². The normalized spacial score (nSPS) is 16.0. The number of nitrogens with two attached hydrogens (primary N) is 1. The molecule has 0 fully saturated rings. The van der Waals surface area contributed by atoms with Crippen molar-refractivity contribution in [3.63, 3.8) is 0 Å². The minimum Gasteiger partial charge on any atom is -0.506 e. The topological polar surface area (TPSA) is 106 Å². The molecule has 0 amide bonds. The predicted octanol–water partition coefficient (Wildman–Crippen LogP) is 5.07. The van der Waals surface area contributed by atoms with Crippen LogP contribution in [0.1, 0.15) is 40.8 Å². The van der Waals surface area contributed by atoms with Crippen LogP contribution in [0.2, 0.25) is 0 Å². The number of anilines is 1. The summed E-state index contributed by atoms with van der Waals surface area (Å²) < 4.78 is 35.2. The first-order chi connectivity index (χ1) is 19.1. The van der Waals surface area contributed by atoms with Gasteiger partial charge in [-0.25, -0.2) is 0 Å². The van der Waals surface area contributed by atoms with E-state index in [2.05, 4.69) is 20.4 Å². The lowest BCUT2D eigenvalue weighted by Gasteiger charge is -2.34. The molecule has 0 aliphatic carbocycles. The molecule has 11 heteroatoms. The summed E-state index contributed by atoms with van der Waals surface area (Å²) >= 11 is 0. The van der Waals surface area contributed by atoms with Crippen molar-refractivity contribution >= 4 is 30.0 Å². The Balaban J connectivity index is 1.54. The number of allylic oxidation sites excluding steroid dienone is 3. The summed E-state index contributed by atoms with van der Waals surface area (Å²) in [6.07, 6.45) is 5.14. The molecule has 2 aliphatic heterocycles.